The van der Waals surface area contributed by atoms with E-state index in [1.165, 1.54) is 4.57 Å². The predicted molar refractivity (Wildman–Crippen MR) is 75.4 cm³/mol. The molecule has 1 aromatic rings. The van der Waals surface area contributed by atoms with E-state index >= 15 is 0 Å². The van der Waals surface area contributed by atoms with Gasteiger partial charge in [-0.25, -0.2) is 4.79 Å². The van der Waals surface area contributed by atoms with Gasteiger partial charge in [-0.15, -0.1) is 0 Å². The quantitative estimate of drug-likeness (QED) is 0.782. The van der Waals surface area contributed by atoms with Crippen molar-refractivity contribution in [1.29, 1.82) is 0 Å². The lowest BCUT2D eigenvalue weighted by atomic mass is 10.1. The molecule has 1 saturated heterocycles. The Balaban J connectivity index is 2.31. The summed E-state index contributed by atoms with van der Waals surface area (Å²) in [5, 5.41) is 2.82. The Hall–Kier alpha value is -1.48. The number of rotatable bonds is 6. The molecule has 0 radical (unpaired) electrons. The van der Waals surface area contributed by atoms with Gasteiger partial charge in [-0.05, 0) is 6.07 Å². The molecule has 1 fully saturated rings. The minimum Gasteiger partial charge on any atom is -0.382 e. The number of nitrogens with zero attached hydrogens (tertiary/aromatic N) is 2. The van der Waals surface area contributed by atoms with Gasteiger partial charge in [-0.2, -0.15) is 4.98 Å². The maximum absolute atomic E-state index is 12.1. The van der Waals surface area contributed by atoms with Crippen LogP contribution in [0.3, 0.4) is 0 Å². The fourth-order valence-electron chi connectivity index (χ4n) is 2.51. The molecular weight excluding hydrogens is 278 g/mol. The maximum Gasteiger partial charge on any atom is 0.351 e. The summed E-state index contributed by atoms with van der Waals surface area (Å²) < 4.78 is 23.3. The second kappa shape index (κ2) is 6.99. The van der Waals surface area contributed by atoms with Crippen molar-refractivity contribution >= 4 is 5.82 Å². The molecule has 1 aromatic heterocycles. The maximum atomic E-state index is 12.1. The van der Waals surface area contributed by atoms with Crippen LogP contribution in [-0.4, -0.2) is 62.8 Å². The average Bonchev–Trinajstić information content (AvgIpc) is 2.84. The standard InChI is InChI=1S/C13H21N3O5/c1-14-9-5-6-16(13(17)15-9)12-11(20-4)10(19-3)8(21-12)7-18-2/h5-6,8,10-12H,7H2,1-4H3,(H,14,15,17)/t8-,10+,11?,12-/m1/s1. The normalized spacial score (nSPS) is 28.8. The van der Waals surface area contributed by atoms with E-state index in [9.17, 15) is 4.79 Å². The molecule has 1 unspecified atom stereocenters. The Morgan fingerprint density at radius 3 is 2.57 bits per heavy atom. The average molecular weight is 299 g/mol. The molecule has 2 heterocycles. The highest BCUT2D eigenvalue weighted by atomic mass is 16.6. The van der Waals surface area contributed by atoms with Gasteiger partial charge in [0.2, 0.25) is 0 Å². The van der Waals surface area contributed by atoms with Gasteiger partial charge in [-0.3, -0.25) is 4.57 Å². The predicted octanol–water partition coefficient (Wildman–Crippen LogP) is -0.141. The monoisotopic (exact) mass is 299 g/mol. The van der Waals surface area contributed by atoms with Crippen LogP contribution in [0.4, 0.5) is 5.82 Å². The van der Waals surface area contributed by atoms with Crippen LogP contribution in [0.5, 0.6) is 0 Å². The van der Waals surface area contributed by atoms with E-state index in [1.807, 2.05) is 0 Å². The van der Waals surface area contributed by atoms with Gasteiger partial charge in [0, 0.05) is 34.6 Å². The van der Waals surface area contributed by atoms with Crippen molar-refractivity contribution in [3.05, 3.63) is 22.7 Å². The third kappa shape index (κ3) is 3.08. The molecule has 0 spiro atoms. The molecule has 4 atom stereocenters. The van der Waals surface area contributed by atoms with Crippen LogP contribution in [0.2, 0.25) is 0 Å². The Morgan fingerprint density at radius 2 is 2.05 bits per heavy atom. The van der Waals surface area contributed by atoms with Gasteiger partial charge < -0.3 is 24.3 Å². The van der Waals surface area contributed by atoms with Crippen molar-refractivity contribution < 1.29 is 18.9 Å². The Morgan fingerprint density at radius 1 is 1.33 bits per heavy atom. The topological polar surface area (TPSA) is 83.8 Å². The molecule has 118 valence electrons. The fraction of sp³-hybridized carbons (Fsp3) is 0.692. The highest BCUT2D eigenvalue weighted by Crippen LogP contribution is 2.32. The minimum atomic E-state index is -0.606. The number of nitrogens with one attached hydrogen (secondary N) is 1. The minimum absolute atomic E-state index is 0.314. The van der Waals surface area contributed by atoms with Gasteiger partial charge >= 0.3 is 5.69 Å². The molecule has 8 nitrogen and oxygen atoms in total. The highest BCUT2D eigenvalue weighted by molar-refractivity contribution is 5.30. The molecule has 0 bridgehead atoms. The summed E-state index contributed by atoms with van der Waals surface area (Å²) in [5.74, 6) is 0.500. The zero-order chi connectivity index (χ0) is 15.4. The number of aromatic nitrogens is 2. The molecule has 0 saturated carbocycles. The first-order valence-corrected chi connectivity index (χ1v) is 6.63. The van der Waals surface area contributed by atoms with Crippen molar-refractivity contribution in [3.63, 3.8) is 0 Å². The van der Waals surface area contributed by atoms with E-state index in [1.54, 1.807) is 40.6 Å². The van der Waals surface area contributed by atoms with Gasteiger partial charge in [0.05, 0.1) is 6.61 Å². The SMILES string of the molecule is CNc1ccn([C@@H]2O[C@H](COC)[C@H](OC)C2OC)c(=O)n1. The Bertz CT molecular complexity index is 521. The van der Waals surface area contributed by atoms with Gasteiger partial charge in [-0.1, -0.05) is 0 Å². The molecule has 0 aromatic carbocycles. The van der Waals surface area contributed by atoms with Crippen molar-refractivity contribution in [2.75, 3.05) is 40.3 Å². The van der Waals surface area contributed by atoms with Crippen LogP contribution in [0.25, 0.3) is 0 Å². The van der Waals surface area contributed by atoms with E-state index in [0.717, 1.165) is 0 Å². The second-order valence-electron chi connectivity index (χ2n) is 4.67. The lowest BCUT2D eigenvalue weighted by Gasteiger charge is -2.22. The summed E-state index contributed by atoms with van der Waals surface area (Å²) in [6.45, 7) is 0.353. The first-order chi connectivity index (χ1) is 10.2. The van der Waals surface area contributed by atoms with Crippen LogP contribution in [0.1, 0.15) is 6.23 Å². The smallest absolute Gasteiger partial charge is 0.351 e. The van der Waals surface area contributed by atoms with E-state index in [0.29, 0.717) is 12.4 Å². The first-order valence-electron chi connectivity index (χ1n) is 6.63. The summed E-state index contributed by atoms with van der Waals surface area (Å²) in [6.07, 6.45) is -0.0394. The molecule has 0 aliphatic carbocycles. The highest BCUT2D eigenvalue weighted by Gasteiger charge is 2.46. The second-order valence-corrected chi connectivity index (χ2v) is 4.67. The van der Waals surface area contributed by atoms with Crippen molar-refractivity contribution in [3.8, 4) is 0 Å². The summed E-state index contributed by atoms with van der Waals surface area (Å²) in [6, 6.07) is 1.70. The van der Waals surface area contributed by atoms with E-state index in [-0.39, 0.29) is 12.2 Å². The van der Waals surface area contributed by atoms with Crippen LogP contribution in [0, 0.1) is 0 Å². The Labute approximate surface area is 123 Å². The summed E-state index contributed by atoms with van der Waals surface area (Å²) in [4.78, 5) is 16.0. The van der Waals surface area contributed by atoms with Crippen LogP contribution in [-0.2, 0) is 18.9 Å². The summed E-state index contributed by atoms with van der Waals surface area (Å²) in [5.41, 5.74) is -0.415. The number of hydrogen-bond donors (Lipinski definition) is 1. The molecule has 2 rings (SSSR count). The molecule has 1 N–H and O–H groups in total. The molecule has 1 aliphatic rings. The van der Waals surface area contributed by atoms with Crippen molar-refractivity contribution in [2.24, 2.45) is 0 Å². The first kappa shape index (κ1) is 15.9. The van der Waals surface area contributed by atoms with E-state index < -0.39 is 18.0 Å². The van der Waals surface area contributed by atoms with Crippen LogP contribution >= 0.6 is 0 Å². The van der Waals surface area contributed by atoms with Gasteiger partial charge in [0.25, 0.3) is 0 Å². The third-order valence-electron chi connectivity index (χ3n) is 3.52. The number of anilines is 1. The summed E-state index contributed by atoms with van der Waals surface area (Å²) in [7, 11) is 6.42. The van der Waals surface area contributed by atoms with Crippen LogP contribution < -0.4 is 11.0 Å². The third-order valence-corrected chi connectivity index (χ3v) is 3.52. The number of hydrogen-bond acceptors (Lipinski definition) is 7. The number of methoxy groups -OCH3 is 3. The fourth-order valence-corrected chi connectivity index (χ4v) is 2.51. The lowest BCUT2D eigenvalue weighted by Crippen LogP contribution is -2.38. The van der Waals surface area contributed by atoms with Crippen molar-refractivity contribution in [1.82, 2.24) is 9.55 Å². The molecular formula is C13H21N3O5. The molecule has 0 amide bonds. The zero-order valence-corrected chi connectivity index (χ0v) is 12.6. The summed E-state index contributed by atoms with van der Waals surface area (Å²) >= 11 is 0. The number of ether oxygens (including phenoxy) is 4. The van der Waals surface area contributed by atoms with Gasteiger partial charge in [0.15, 0.2) is 6.23 Å². The van der Waals surface area contributed by atoms with Crippen LogP contribution in [0.15, 0.2) is 17.1 Å². The molecule has 21 heavy (non-hydrogen) atoms. The largest absolute Gasteiger partial charge is 0.382 e. The van der Waals surface area contributed by atoms with E-state index in [4.69, 9.17) is 18.9 Å². The molecule has 1 aliphatic heterocycles. The Kier molecular flexibility index (Phi) is 5.29. The van der Waals surface area contributed by atoms with Crippen molar-refractivity contribution in [2.45, 2.75) is 24.5 Å². The molecule has 8 heteroatoms. The zero-order valence-electron chi connectivity index (χ0n) is 12.6. The lowest BCUT2D eigenvalue weighted by molar-refractivity contribution is -0.0672. The van der Waals surface area contributed by atoms with E-state index in [2.05, 4.69) is 10.3 Å². The van der Waals surface area contributed by atoms with Gasteiger partial charge in [0.1, 0.15) is 24.1 Å².